The topological polar surface area (TPSA) is 72.9 Å². The van der Waals surface area contributed by atoms with Crippen LogP contribution < -0.4 is 11.2 Å². The highest BCUT2D eigenvalue weighted by molar-refractivity contribution is 5.95. The summed E-state index contributed by atoms with van der Waals surface area (Å²) in [5, 5.41) is 4.45. The van der Waals surface area contributed by atoms with Crippen molar-refractivity contribution in [3.05, 3.63) is 76.5 Å². The Morgan fingerprint density at radius 2 is 1.92 bits per heavy atom. The molecule has 1 aliphatic rings. The van der Waals surface area contributed by atoms with E-state index in [1.165, 1.54) is 11.1 Å². The Morgan fingerprint density at radius 1 is 1.16 bits per heavy atom. The van der Waals surface area contributed by atoms with Crippen LogP contribution in [-0.2, 0) is 19.4 Å². The van der Waals surface area contributed by atoms with E-state index < -0.39 is 5.91 Å². The first-order valence-electron chi connectivity index (χ1n) is 8.43. The van der Waals surface area contributed by atoms with Gasteiger partial charge >= 0.3 is 0 Å². The smallest absolute Gasteiger partial charge is 0.269 e. The summed E-state index contributed by atoms with van der Waals surface area (Å²) in [5.74, 6) is -0.480. The van der Waals surface area contributed by atoms with Crippen molar-refractivity contribution in [3.63, 3.8) is 0 Å². The van der Waals surface area contributed by atoms with E-state index >= 15 is 0 Å². The van der Waals surface area contributed by atoms with Crippen LogP contribution in [0.4, 0.5) is 0 Å². The Morgan fingerprint density at radius 3 is 2.68 bits per heavy atom. The van der Waals surface area contributed by atoms with Gasteiger partial charge in [-0.25, -0.2) is 0 Å². The number of nitrogens with zero attached hydrogens (tertiary/aromatic N) is 2. The maximum Gasteiger partial charge on any atom is 0.269 e. The molecule has 1 aromatic heterocycles. The second kappa shape index (κ2) is 6.09. The minimum atomic E-state index is -0.480. The Bertz CT molecular complexity index is 941. The number of hydrogen-bond donors (Lipinski definition) is 2. The van der Waals surface area contributed by atoms with Gasteiger partial charge in [0, 0.05) is 11.1 Å². The molecular formula is C20H20N4O. The number of benzene rings is 2. The van der Waals surface area contributed by atoms with E-state index in [-0.39, 0.29) is 0 Å². The van der Waals surface area contributed by atoms with Crippen LogP contribution in [0.1, 0.15) is 32.7 Å². The molecule has 5 heteroatoms. The number of carbonyl (C=O) groups excluding carboxylic acids is 1. The number of carbonyl (C=O) groups is 1. The molecule has 3 N–H and O–H groups in total. The third-order valence-electron chi connectivity index (χ3n) is 4.69. The lowest BCUT2D eigenvalue weighted by atomic mass is 9.89. The van der Waals surface area contributed by atoms with Crippen LogP contribution in [-0.4, -0.2) is 15.8 Å². The molecule has 25 heavy (non-hydrogen) atoms. The van der Waals surface area contributed by atoms with Crippen LogP contribution in [0.3, 0.4) is 0 Å². The van der Waals surface area contributed by atoms with Crippen molar-refractivity contribution < 1.29 is 4.79 Å². The quantitative estimate of drug-likeness (QED) is 0.771. The maximum absolute atomic E-state index is 11.8. The van der Waals surface area contributed by atoms with Crippen LogP contribution in [0.25, 0.3) is 11.3 Å². The summed E-state index contributed by atoms with van der Waals surface area (Å²) in [5.41, 5.74) is 15.9. The largest absolute Gasteiger partial charge is 0.364 e. The Hall–Kier alpha value is -3.08. The van der Waals surface area contributed by atoms with Crippen molar-refractivity contribution >= 4 is 5.91 Å². The maximum atomic E-state index is 11.8. The third-order valence-corrected chi connectivity index (χ3v) is 4.69. The first kappa shape index (κ1) is 15.4. The molecule has 0 unspecified atom stereocenters. The van der Waals surface area contributed by atoms with Gasteiger partial charge in [0.25, 0.3) is 5.91 Å². The number of fused-ring (bicyclic) bond motifs is 3. The molecule has 0 aliphatic heterocycles. The van der Waals surface area contributed by atoms with Gasteiger partial charge in [0.2, 0.25) is 0 Å². The number of nitrogens with two attached hydrogens (primary N) is 1. The number of aryl methyl sites for hydroxylation is 2. The van der Waals surface area contributed by atoms with E-state index in [2.05, 4.69) is 53.8 Å². The lowest BCUT2D eigenvalue weighted by molar-refractivity contribution is 0.0994. The average molecular weight is 332 g/mol. The number of rotatable bonds is 4. The highest BCUT2D eigenvalue weighted by Crippen LogP contribution is 2.34. The molecule has 0 radical (unpaired) electrons. The molecule has 1 heterocycles. The summed E-state index contributed by atoms with van der Waals surface area (Å²) < 4.78 is 0. The lowest BCUT2D eigenvalue weighted by Gasteiger charge is -2.19. The SMILES string of the molecule is Cc1ccc(CNn2nc(C(N)=O)c3c2-c2ccccc2CC3)cc1. The van der Waals surface area contributed by atoms with Gasteiger partial charge in [0.05, 0.1) is 12.2 Å². The molecule has 0 fully saturated rings. The molecular weight excluding hydrogens is 312 g/mol. The fourth-order valence-electron chi connectivity index (χ4n) is 3.38. The van der Waals surface area contributed by atoms with Crippen molar-refractivity contribution in [2.75, 3.05) is 5.43 Å². The number of nitrogens with one attached hydrogen (secondary N) is 1. The summed E-state index contributed by atoms with van der Waals surface area (Å²) in [6.07, 6.45) is 1.67. The molecule has 0 saturated heterocycles. The summed E-state index contributed by atoms with van der Waals surface area (Å²) in [4.78, 5) is 13.5. The second-order valence-electron chi connectivity index (χ2n) is 6.43. The van der Waals surface area contributed by atoms with E-state index in [1.54, 1.807) is 4.79 Å². The van der Waals surface area contributed by atoms with Gasteiger partial charge in [-0.2, -0.15) is 4.79 Å². The minimum Gasteiger partial charge on any atom is -0.364 e. The van der Waals surface area contributed by atoms with Crippen LogP contribution >= 0.6 is 0 Å². The van der Waals surface area contributed by atoms with Gasteiger partial charge in [-0.15, -0.1) is 5.10 Å². The highest BCUT2D eigenvalue weighted by Gasteiger charge is 2.27. The molecule has 5 nitrogen and oxygen atoms in total. The van der Waals surface area contributed by atoms with Gasteiger partial charge in [0.15, 0.2) is 5.69 Å². The standard InChI is InChI=1S/C20H20N4O/c1-13-6-8-14(9-7-13)12-22-24-19-16-5-3-2-4-15(16)10-11-17(19)18(23-24)20(21)25/h2-9,22H,10-12H2,1H3,(H2,21,25). The van der Waals surface area contributed by atoms with Crippen molar-refractivity contribution in [2.45, 2.75) is 26.3 Å². The predicted octanol–water partition coefficient (Wildman–Crippen LogP) is 2.80. The van der Waals surface area contributed by atoms with Gasteiger partial charge in [-0.3, -0.25) is 4.79 Å². The number of hydrogen-bond acceptors (Lipinski definition) is 3. The fraction of sp³-hybridized carbons (Fsp3) is 0.200. The summed E-state index contributed by atoms with van der Waals surface area (Å²) in [6, 6.07) is 16.6. The zero-order valence-corrected chi connectivity index (χ0v) is 14.1. The van der Waals surface area contributed by atoms with Crippen LogP contribution in [0.2, 0.25) is 0 Å². The molecule has 0 bridgehead atoms. The molecule has 0 spiro atoms. The molecule has 1 amide bonds. The zero-order chi connectivity index (χ0) is 17.4. The second-order valence-corrected chi connectivity index (χ2v) is 6.43. The summed E-state index contributed by atoms with van der Waals surface area (Å²) in [6.45, 7) is 2.69. The number of aromatic nitrogens is 2. The summed E-state index contributed by atoms with van der Waals surface area (Å²) in [7, 11) is 0. The summed E-state index contributed by atoms with van der Waals surface area (Å²) >= 11 is 0. The number of primary amides is 1. The monoisotopic (exact) mass is 332 g/mol. The molecule has 0 atom stereocenters. The molecule has 3 aromatic rings. The van der Waals surface area contributed by atoms with Crippen molar-refractivity contribution in [2.24, 2.45) is 5.73 Å². The van der Waals surface area contributed by atoms with Crippen molar-refractivity contribution in [1.29, 1.82) is 0 Å². The van der Waals surface area contributed by atoms with Crippen molar-refractivity contribution in [1.82, 2.24) is 9.89 Å². The number of amides is 1. The lowest BCUT2D eigenvalue weighted by Crippen LogP contribution is -2.19. The molecule has 2 aromatic carbocycles. The van der Waals surface area contributed by atoms with E-state index in [1.807, 2.05) is 12.1 Å². The minimum absolute atomic E-state index is 0.362. The Labute approximate surface area is 146 Å². The first-order chi connectivity index (χ1) is 12.1. The molecule has 1 aliphatic carbocycles. The van der Waals surface area contributed by atoms with E-state index in [0.29, 0.717) is 12.2 Å². The third kappa shape index (κ3) is 2.78. The van der Waals surface area contributed by atoms with E-state index in [9.17, 15) is 4.79 Å². The fourth-order valence-corrected chi connectivity index (χ4v) is 3.38. The van der Waals surface area contributed by atoms with Gasteiger partial charge < -0.3 is 11.2 Å². The predicted molar refractivity (Wildman–Crippen MR) is 97.8 cm³/mol. The normalized spacial score (nSPS) is 12.4. The van der Waals surface area contributed by atoms with E-state index in [4.69, 9.17) is 5.73 Å². The van der Waals surface area contributed by atoms with Crippen LogP contribution in [0.15, 0.2) is 48.5 Å². The van der Waals surface area contributed by atoms with Gasteiger partial charge in [-0.1, -0.05) is 54.1 Å². The molecule has 4 rings (SSSR count). The van der Waals surface area contributed by atoms with Crippen molar-refractivity contribution in [3.8, 4) is 11.3 Å². The molecule has 0 saturated carbocycles. The highest BCUT2D eigenvalue weighted by atomic mass is 16.1. The molecule has 126 valence electrons. The Kier molecular flexibility index (Phi) is 3.76. The Balaban J connectivity index is 1.73. The van der Waals surface area contributed by atoms with Gasteiger partial charge in [0.1, 0.15) is 0 Å². The van der Waals surface area contributed by atoms with Crippen LogP contribution in [0.5, 0.6) is 0 Å². The van der Waals surface area contributed by atoms with Gasteiger partial charge in [-0.05, 0) is 30.9 Å². The average Bonchev–Trinajstić information content (AvgIpc) is 3.01. The first-order valence-corrected chi connectivity index (χ1v) is 8.43. The van der Waals surface area contributed by atoms with E-state index in [0.717, 1.165) is 35.2 Å². The van der Waals surface area contributed by atoms with Crippen LogP contribution in [0, 0.1) is 6.92 Å². The zero-order valence-electron chi connectivity index (χ0n) is 14.1.